The van der Waals surface area contributed by atoms with Gasteiger partial charge in [0, 0.05) is 22.3 Å². The van der Waals surface area contributed by atoms with Gasteiger partial charge in [-0.2, -0.15) is 0 Å². The van der Waals surface area contributed by atoms with E-state index in [0.717, 1.165) is 5.57 Å². The van der Waals surface area contributed by atoms with Crippen molar-refractivity contribution in [1.82, 2.24) is 0 Å². The Morgan fingerprint density at radius 3 is 2.67 bits per heavy atom. The average Bonchev–Trinajstić information content (AvgIpc) is 1.63. The Morgan fingerprint density at radius 2 is 2.33 bits per heavy atom. The second-order valence-electron chi connectivity index (χ2n) is 2.00. The Labute approximate surface area is 58.9 Å². The van der Waals surface area contributed by atoms with Crippen LogP contribution in [-0.2, 0) is 10.8 Å². The van der Waals surface area contributed by atoms with Gasteiger partial charge in [-0.3, -0.25) is 4.21 Å². The van der Waals surface area contributed by atoms with Crippen LogP contribution in [0.2, 0.25) is 0 Å². The molecule has 0 aromatic rings. The fourth-order valence-electron chi connectivity index (χ4n) is 0.465. The fourth-order valence-corrected chi connectivity index (χ4v) is 1.40. The van der Waals surface area contributed by atoms with E-state index in [1.54, 1.807) is 6.08 Å². The maximum atomic E-state index is 10.8. The lowest BCUT2D eigenvalue weighted by molar-refractivity contribution is 0.686. The van der Waals surface area contributed by atoms with Gasteiger partial charge in [0.25, 0.3) is 0 Å². The van der Waals surface area contributed by atoms with E-state index in [-0.39, 0.29) is 0 Å². The zero-order valence-electron chi connectivity index (χ0n) is 5.72. The van der Waals surface area contributed by atoms with E-state index in [2.05, 4.69) is 13.2 Å². The van der Waals surface area contributed by atoms with Crippen LogP contribution in [0.3, 0.4) is 0 Å². The molecule has 0 aromatic heterocycles. The van der Waals surface area contributed by atoms with Crippen molar-refractivity contribution < 1.29 is 4.21 Å². The molecule has 0 rings (SSSR count). The van der Waals surface area contributed by atoms with Crippen LogP contribution in [0.4, 0.5) is 0 Å². The van der Waals surface area contributed by atoms with Crippen molar-refractivity contribution in [3.05, 3.63) is 24.8 Å². The van der Waals surface area contributed by atoms with Crippen molar-refractivity contribution >= 4 is 10.8 Å². The molecule has 0 heterocycles. The van der Waals surface area contributed by atoms with Crippen molar-refractivity contribution in [3.8, 4) is 0 Å². The average molecular weight is 144 g/mol. The highest BCUT2D eigenvalue weighted by Gasteiger charge is 1.94. The van der Waals surface area contributed by atoms with Crippen molar-refractivity contribution in [2.45, 2.75) is 6.92 Å². The molecule has 1 unspecified atom stereocenters. The minimum atomic E-state index is -0.768. The van der Waals surface area contributed by atoms with Crippen molar-refractivity contribution in [2.75, 3.05) is 11.5 Å². The largest absolute Gasteiger partial charge is 0.259 e. The van der Waals surface area contributed by atoms with Crippen LogP contribution in [0.25, 0.3) is 0 Å². The van der Waals surface area contributed by atoms with Gasteiger partial charge in [-0.1, -0.05) is 18.2 Å². The number of hydrogen-bond acceptors (Lipinski definition) is 1. The molecule has 0 aliphatic carbocycles. The minimum Gasteiger partial charge on any atom is -0.259 e. The Balaban J connectivity index is 3.50. The standard InChI is InChI=1S/C7H12OS/c1-4-5-9(8)6-7(2)3/h4H,1-2,5-6H2,3H3. The number of rotatable bonds is 4. The molecule has 0 amide bonds. The first kappa shape index (κ1) is 8.63. The van der Waals surface area contributed by atoms with Crippen LogP contribution in [0.15, 0.2) is 24.8 Å². The molecule has 0 saturated heterocycles. The molecule has 0 N–H and O–H groups in total. The molecular weight excluding hydrogens is 132 g/mol. The molecule has 2 heteroatoms. The second kappa shape index (κ2) is 4.50. The summed E-state index contributed by atoms with van der Waals surface area (Å²) < 4.78 is 10.8. The lowest BCUT2D eigenvalue weighted by atomic mass is 10.4. The summed E-state index contributed by atoms with van der Waals surface area (Å²) in [5, 5.41) is 0. The van der Waals surface area contributed by atoms with E-state index in [1.807, 2.05) is 6.92 Å². The van der Waals surface area contributed by atoms with Crippen LogP contribution >= 0.6 is 0 Å². The van der Waals surface area contributed by atoms with E-state index < -0.39 is 10.8 Å². The molecule has 52 valence electrons. The first-order valence-electron chi connectivity index (χ1n) is 2.77. The summed E-state index contributed by atoms with van der Waals surface area (Å²) in [6.45, 7) is 9.01. The van der Waals surface area contributed by atoms with Crippen molar-refractivity contribution in [1.29, 1.82) is 0 Å². The summed E-state index contributed by atoms with van der Waals surface area (Å²) in [4.78, 5) is 0. The highest BCUT2D eigenvalue weighted by atomic mass is 32.2. The smallest absolute Gasteiger partial charge is 0.0442 e. The Bertz CT molecular complexity index is 138. The van der Waals surface area contributed by atoms with Crippen molar-refractivity contribution in [3.63, 3.8) is 0 Å². The molecule has 0 aromatic carbocycles. The molecular formula is C7H12OS. The van der Waals surface area contributed by atoms with Crippen LogP contribution in [0, 0.1) is 0 Å². The van der Waals surface area contributed by atoms with Gasteiger partial charge in [-0.25, -0.2) is 0 Å². The maximum absolute atomic E-state index is 10.8. The van der Waals surface area contributed by atoms with Crippen LogP contribution in [0.1, 0.15) is 6.92 Å². The fraction of sp³-hybridized carbons (Fsp3) is 0.429. The Kier molecular flexibility index (Phi) is 4.32. The van der Waals surface area contributed by atoms with Crippen LogP contribution in [-0.4, -0.2) is 15.7 Å². The third kappa shape index (κ3) is 5.50. The van der Waals surface area contributed by atoms with Gasteiger partial charge >= 0.3 is 0 Å². The molecule has 1 atom stereocenters. The highest BCUT2D eigenvalue weighted by Crippen LogP contribution is 1.91. The van der Waals surface area contributed by atoms with E-state index in [1.165, 1.54) is 0 Å². The van der Waals surface area contributed by atoms with E-state index in [9.17, 15) is 4.21 Å². The molecule has 0 fully saturated rings. The molecule has 1 nitrogen and oxygen atoms in total. The molecule has 0 bridgehead atoms. The number of hydrogen-bond donors (Lipinski definition) is 0. The van der Waals surface area contributed by atoms with Crippen LogP contribution < -0.4 is 0 Å². The maximum Gasteiger partial charge on any atom is 0.0442 e. The lowest BCUT2D eigenvalue weighted by Gasteiger charge is -1.94. The molecule has 9 heavy (non-hydrogen) atoms. The monoisotopic (exact) mass is 144 g/mol. The van der Waals surface area contributed by atoms with Gasteiger partial charge in [-0.15, -0.1) is 6.58 Å². The Hall–Kier alpha value is -0.370. The first-order chi connectivity index (χ1) is 4.16. The lowest BCUT2D eigenvalue weighted by Crippen LogP contribution is -1.99. The third-order valence-corrected chi connectivity index (χ3v) is 2.13. The van der Waals surface area contributed by atoms with Crippen molar-refractivity contribution in [2.24, 2.45) is 0 Å². The highest BCUT2D eigenvalue weighted by molar-refractivity contribution is 7.85. The SMILES string of the molecule is C=CCS(=O)CC(=C)C. The van der Waals surface area contributed by atoms with E-state index >= 15 is 0 Å². The molecule has 0 saturated carbocycles. The minimum absolute atomic E-state index is 0.576. The second-order valence-corrected chi connectivity index (χ2v) is 3.50. The summed E-state index contributed by atoms with van der Waals surface area (Å²) in [6, 6.07) is 0. The summed E-state index contributed by atoms with van der Waals surface area (Å²) in [7, 11) is -0.768. The van der Waals surface area contributed by atoms with Crippen LogP contribution in [0.5, 0.6) is 0 Å². The topological polar surface area (TPSA) is 17.1 Å². The van der Waals surface area contributed by atoms with Gasteiger partial charge in [0.05, 0.1) is 0 Å². The summed E-state index contributed by atoms with van der Waals surface area (Å²) in [5.74, 6) is 1.18. The zero-order chi connectivity index (χ0) is 7.28. The Morgan fingerprint density at radius 1 is 1.78 bits per heavy atom. The molecule has 0 aliphatic heterocycles. The predicted octanol–water partition coefficient (Wildman–Crippen LogP) is 1.50. The van der Waals surface area contributed by atoms with Gasteiger partial charge in [0.2, 0.25) is 0 Å². The quantitative estimate of drug-likeness (QED) is 0.546. The summed E-state index contributed by atoms with van der Waals surface area (Å²) in [5.41, 5.74) is 0.968. The molecule has 0 aliphatic rings. The zero-order valence-corrected chi connectivity index (χ0v) is 6.54. The molecule has 0 spiro atoms. The van der Waals surface area contributed by atoms with E-state index in [4.69, 9.17) is 0 Å². The van der Waals surface area contributed by atoms with Gasteiger partial charge in [-0.05, 0) is 6.92 Å². The van der Waals surface area contributed by atoms with Gasteiger partial charge in [0.1, 0.15) is 0 Å². The normalized spacial score (nSPS) is 12.6. The summed E-state index contributed by atoms with van der Waals surface area (Å²) in [6.07, 6.45) is 1.67. The summed E-state index contributed by atoms with van der Waals surface area (Å²) >= 11 is 0. The predicted molar refractivity (Wildman–Crippen MR) is 42.9 cm³/mol. The third-order valence-electron chi connectivity index (χ3n) is 0.711. The van der Waals surface area contributed by atoms with E-state index in [0.29, 0.717) is 11.5 Å². The van der Waals surface area contributed by atoms with Gasteiger partial charge in [0.15, 0.2) is 0 Å². The first-order valence-corrected chi connectivity index (χ1v) is 4.26. The molecule has 0 radical (unpaired) electrons. The van der Waals surface area contributed by atoms with Gasteiger partial charge < -0.3 is 0 Å².